The molecular weight excluding hydrogens is 204 g/mol. The first-order valence-electron chi connectivity index (χ1n) is 5.46. The zero-order valence-electron chi connectivity index (χ0n) is 9.32. The number of hydrogen-bond acceptors (Lipinski definition) is 3. The van der Waals surface area contributed by atoms with Gasteiger partial charge in [0, 0.05) is 12.6 Å². The first kappa shape index (κ1) is 11.0. The van der Waals surface area contributed by atoms with Gasteiger partial charge in [-0.05, 0) is 25.1 Å². The number of hydrogen-bond donors (Lipinski definition) is 2. The zero-order valence-corrected chi connectivity index (χ0v) is 9.32. The first-order chi connectivity index (χ1) is 7.81. The Morgan fingerprint density at radius 1 is 1.56 bits per heavy atom. The van der Waals surface area contributed by atoms with Crippen LogP contribution in [-0.2, 0) is 0 Å². The van der Waals surface area contributed by atoms with Crippen LogP contribution in [0.25, 0.3) is 0 Å². The highest BCUT2D eigenvalue weighted by Gasteiger charge is 2.18. The molecule has 0 aliphatic carbocycles. The van der Waals surface area contributed by atoms with Gasteiger partial charge in [0.15, 0.2) is 0 Å². The van der Waals surface area contributed by atoms with E-state index in [4.69, 9.17) is 4.74 Å². The first-order valence-corrected chi connectivity index (χ1v) is 5.46. The summed E-state index contributed by atoms with van der Waals surface area (Å²) in [6.45, 7) is 1.73. The Hall–Kier alpha value is -1.55. The Bertz CT molecular complexity index is 375. The fourth-order valence-electron chi connectivity index (χ4n) is 1.67. The lowest BCUT2D eigenvalue weighted by atomic mass is 10.1. The number of nitrogens with one attached hydrogen (secondary N) is 2. The van der Waals surface area contributed by atoms with Crippen LogP contribution in [0.1, 0.15) is 16.8 Å². The molecular formula is C12H16N2O2. The van der Waals surface area contributed by atoms with Crippen molar-refractivity contribution in [1.82, 2.24) is 10.6 Å². The predicted octanol–water partition coefficient (Wildman–Crippen LogP) is 0.787. The topological polar surface area (TPSA) is 50.4 Å². The molecule has 2 rings (SSSR count). The lowest BCUT2D eigenvalue weighted by Crippen LogP contribution is -2.50. The van der Waals surface area contributed by atoms with Gasteiger partial charge in [-0.15, -0.1) is 0 Å². The molecule has 1 atom stereocenters. The molecule has 1 heterocycles. The molecule has 0 saturated carbocycles. The average molecular weight is 220 g/mol. The van der Waals surface area contributed by atoms with Gasteiger partial charge < -0.3 is 15.4 Å². The second kappa shape index (κ2) is 4.99. The highest BCUT2D eigenvalue weighted by Crippen LogP contribution is 2.16. The number of carbonyl (C=O) groups excluding carboxylic acids is 1. The number of ether oxygens (including phenoxy) is 1. The minimum Gasteiger partial charge on any atom is -0.496 e. The van der Waals surface area contributed by atoms with E-state index < -0.39 is 0 Å². The zero-order chi connectivity index (χ0) is 11.4. The van der Waals surface area contributed by atoms with Gasteiger partial charge in [0.25, 0.3) is 5.91 Å². The number of amides is 1. The summed E-state index contributed by atoms with van der Waals surface area (Å²) in [5, 5.41) is 6.13. The van der Waals surface area contributed by atoms with E-state index in [1.54, 1.807) is 19.2 Å². The van der Waals surface area contributed by atoms with Crippen LogP contribution in [0.15, 0.2) is 24.3 Å². The summed E-state index contributed by atoms with van der Waals surface area (Å²) < 4.78 is 5.14. The summed E-state index contributed by atoms with van der Waals surface area (Å²) >= 11 is 0. The van der Waals surface area contributed by atoms with Crippen LogP contribution in [0.2, 0.25) is 0 Å². The Balaban J connectivity index is 1.96. The number of carbonyl (C=O) groups is 1. The van der Waals surface area contributed by atoms with Gasteiger partial charge in [0.05, 0.1) is 12.7 Å². The fourth-order valence-corrected chi connectivity index (χ4v) is 1.67. The SMILES string of the molecule is COc1ccccc1C(=O)NCC1CCN1. The molecule has 4 nitrogen and oxygen atoms in total. The monoisotopic (exact) mass is 220 g/mol. The van der Waals surface area contributed by atoms with Crippen LogP contribution in [0.3, 0.4) is 0 Å². The maximum Gasteiger partial charge on any atom is 0.255 e. The number of rotatable bonds is 4. The predicted molar refractivity (Wildman–Crippen MR) is 61.7 cm³/mol. The molecule has 1 saturated heterocycles. The van der Waals surface area contributed by atoms with Gasteiger partial charge in [-0.2, -0.15) is 0 Å². The molecule has 86 valence electrons. The van der Waals surface area contributed by atoms with Crippen LogP contribution in [-0.4, -0.2) is 32.1 Å². The molecule has 1 amide bonds. The van der Waals surface area contributed by atoms with Crippen LogP contribution in [0.4, 0.5) is 0 Å². The number of methoxy groups -OCH3 is 1. The summed E-state index contributed by atoms with van der Waals surface area (Å²) in [6.07, 6.45) is 1.13. The third-order valence-corrected chi connectivity index (χ3v) is 2.79. The summed E-state index contributed by atoms with van der Waals surface area (Å²) in [7, 11) is 1.57. The molecule has 1 aliphatic rings. The highest BCUT2D eigenvalue weighted by molar-refractivity contribution is 5.96. The maximum atomic E-state index is 11.8. The Morgan fingerprint density at radius 3 is 2.94 bits per heavy atom. The van der Waals surface area contributed by atoms with Crippen molar-refractivity contribution in [2.24, 2.45) is 0 Å². The van der Waals surface area contributed by atoms with Crippen molar-refractivity contribution in [3.63, 3.8) is 0 Å². The summed E-state index contributed by atoms with van der Waals surface area (Å²) in [4.78, 5) is 11.8. The van der Waals surface area contributed by atoms with E-state index in [1.165, 1.54) is 0 Å². The van der Waals surface area contributed by atoms with Gasteiger partial charge >= 0.3 is 0 Å². The summed E-state index contributed by atoms with van der Waals surface area (Å²) in [5.41, 5.74) is 0.587. The van der Waals surface area contributed by atoms with E-state index in [-0.39, 0.29) is 5.91 Å². The molecule has 1 aromatic rings. The van der Waals surface area contributed by atoms with E-state index in [9.17, 15) is 4.79 Å². The third kappa shape index (κ3) is 2.33. The van der Waals surface area contributed by atoms with Gasteiger partial charge in [-0.3, -0.25) is 4.79 Å². The van der Waals surface area contributed by atoms with Crippen molar-refractivity contribution in [2.45, 2.75) is 12.5 Å². The molecule has 2 N–H and O–H groups in total. The van der Waals surface area contributed by atoms with Crippen molar-refractivity contribution in [1.29, 1.82) is 0 Å². The largest absolute Gasteiger partial charge is 0.496 e. The minimum absolute atomic E-state index is 0.0776. The minimum atomic E-state index is -0.0776. The maximum absolute atomic E-state index is 11.8. The lowest BCUT2D eigenvalue weighted by Gasteiger charge is -2.27. The molecule has 1 unspecified atom stereocenters. The van der Waals surface area contributed by atoms with Gasteiger partial charge in [-0.1, -0.05) is 12.1 Å². The molecule has 0 spiro atoms. The van der Waals surface area contributed by atoms with E-state index >= 15 is 0 Å². The van der Waals surface area contributed by atoms with Gasteiger partial charge in [0.2, 0.25) is 0 Å². The normalized spacial score (nSPS) is 18.7. The Labute approximate surface area is 95.0 Å². The molecule has 1 aliphatic heterocycles. The molecule has 4 heteroatoms. The Morgan fingerprint density at radius 2 is 2.31 bits per heavy atom. The average Bonchev–Trinajstić information content (AvgIpc) is 2.26. The fraction of sp³-hybridized carbons (Fsp3) is 0.417. The van der Waals surface area contributed by atoms with Crippen molar-refractivity contribution in [2.75, 3.05) is 20.2 Å². The quantitative estimate of drug-likeness (QED) is 0.788. The molecule has 1 aromatic carbocycles. The number of benzene rings is 1. The molecule has 0 radical (unpaired) electrons. The van der Waals surface area contributed by atoms with E-state index in [0.717, 1.165) is 13.0 Å². The van der Waals surface area contributed by atoms with Gasteiger partial charge in [-0.25, -0.2) is 0 Å². The Kier molecular flexibility index (Phi) is 3.41. The van der Waals surface area contributed by atoms with Crippen LogP contribution in [0, 0.1) is 0 Å². The van der Waals surface area contributed by atoms with Gasteiger partial charge in [0.1, 0.15) is 5.75 Å². The van der Waals surface area contributed by atoms with Crippen LogP contribution < -0.4 is 15.4 Å². The van der Waals surface area contributed by atoms with Crippen molar-refractivity contribution in [3.8, 4) is 5.75 Å². The summed E-state index contributed by atoms with van der Waals surface area (Å²) in [5.74, 6) is 0.535. The number of para-hydroxylation sites is 1. The van der Waals surface area contributed by atoms with Crippen molar-refractivity contribution < 1.29 is 9.53 Å². The smallest absolute Gasteiger partial charge is 0.255 e. The van der Waals surface area contributed by atoms with Crippen LogP contribution >= 0.6 is 0 Å². The molecule has 1 fully saturated rings. The van der Waals surface area contributed by atoms with E-state index in [1.807, 2.05) is 12.1 Å². The second-order valence-electron chi connectivity index (χ2n) is 3.85. The second-order valence-corrected chi connectivity index (χ2v) is 3.85. The standard InChI is InChI=1S/C12H16N2O2/c1-16-11-5-3-2-4-10(11)12(15)14-8-9-6-7-13-9/h2-5,9,13H,6-8H2,1H3,(H,14,15). The molecule has 0 aromatic heterocycles. The lowest BCUT2D eigenvalue weighted by molar-refractivity contribution is 0.0942. The third-order valence-electron chi connectivity index (χ3n) is 2.79. The van der Waals surface area contributed by atoms with Crippen molar-refractivity contribution in [3.05, 3.63) is 29.8 Å². The molecule has 16 heavy (non-hydrogen) atoms. The van der Waals surface area contributed by atoms with E-state index in [0.29, 0.717) is 23.9 Å². The summed E-state index contributed by atoms with van der Waals surface area (Å²) in [6, 6.07) is 7.67. The highest BCUT2D eigenvalue weighted by atomic mass is 16.5. The van der Waals surface area contributed by atoms with Crippen molar-refractivity contribution >= 4 is 5.91 Å². The van der Waals surface area contributed by atoms with Crippen LogP contribution in [0.5, 0.6) is 5.75 Å². The molecule has 0 bridgehead atoms. The van der Waals surface area contributed by atoms with E-state index in [2.05, 4.69) is 10.6 Å².